The van der Waals surface area contributed by atoms with Crippen LogP contribution in [0.15, 0.2) is 83.4 Å². The van der Waals surface area contributed by atoms with Crippen molar-refractivity contribution in [1.29, 1.82) is 0 Å². The van der Waals surface area contributed by atoms with Crippen molar-refractivity contribution in [1.82, 2.24) is 0 Å². The summed E-state index contributed by atoms with van der Waals surface area (Å²) in [5.74, 6) is 0. The molecule has 4 rings (SSSR count). The number of aryl methyl sites for hydroxylation is 4. The first-order chi connectivity index (χ1) is 15.1. The molecule has 0 amide bonds. The third-order valence-corrected chi connectivity index (χ3v) is 13.7. The first-order valence-electron chi connectivity index (χ1n) is 11.6. The Bertz CT molecular complexity index is 1210. The third kappa shape index (κ3) is 5.08. The maximum absolute atomic E-state index is 4.06. The third-order valence-electron chi connectivity index (χ3n) is 7.78. The average Bonchev–Trinajstić information content (AvgIpc) is 2.94. The van der Waals surface area contributed by atoms with Crippen molar-refractivity contribution < 1.29 is 21.7 Å². The number of benzene rings is 3. The van der Waals surface area contributed by atoms with E-state index in [4.69, 9.17) is 0 Å². The van der Waals surface area contributed by atoms with Crippen LogP contribution in [0.3, 0.4) is 0 Å². The van der Waals surface area contributed by atoms with Crippen LogP contribution in [0.25, 0.3) is 0 Å². The summed E-state index contributed by atoms with van der Waals surface area (Å²) in [4.78, 5) is 0. The van der Waals surface area contributed by atoms with Gasteiger partial charge in [0, 0.05) is 0 Å². The normalized spacial score (nSPS) is 18.1. The van der Waals surface area contributed by atoms with Crippen LogP contribution in [-0.2, 0) is 21.7 Å². The molecule has 0 nitrogen and oxygen atoms in total. The van der Waals surface area contributed by atoms with Gasteiger partial charge in [0.1, 0.15) is 8.07 Å². The van der Waals surface area contributed by atoms with E-state index >= 15 is 0 Å². The van der Waals surface area contributed by atoms with Gasteiger partial charge in [0.2, 0.25) is 0 Å². The van der Waals surface area contributed by atoms with Gasteiger partial charge in [-0.1, -0.05) is 115 Å². The van der Waals surface area contributed by atoms with Gasteiger partial charge in [-0.15, -0.1) is 6.92 Å². The first kappa shape index (κ1) is 34.1. The minimum Gasteiger partial charge on any atom is -0.358 e. The molecule has 1 aliphatic carbocycles. The van der Waals surface area contributed by atoms with Crippen LogP contribution in [0.2, 0.25) is 5.04 Å². The minimum absolute atomic E-state index is 0. The molecule has 0 saturated carbocycles. The van der Waals surface area contributed by atoms with Crippen LogP contribution < -0.4 is 15.6 Å². The molecule has 188 valence electrons. The Kier molecular flexibility index (Phi) is 11.9. The number of allylic oxidation sites excluding steroid dienone is 4. The van der Waals surface area contributed by atoms with Crippen molar-refractivity contribution in [3.63, 3.8) is 0 Å². The second kappa shape index (κ2) is 12.5. The van der Waals surface area contributed by atoms with Crippen molar-refractivity contribution in [3.8, 4) is 0 Å². The second-order valence-electron chi connectivity index (χ2n) is 9.88. The standard InChI is InChI=1S/C31H35Si.3CH3.Ti/c1-21-17-22(2)19-29(18-21)32(28-15-10-9-11-16-28,30-23(3)13-12-14-24(30)4)31(8)20-25(5)26(6)27(31)7;;;;/h9-19H,1-8H3;3*1H3;/q4*-1;+4. The molecular formula is C34H44SiTi. The molecule has 1 aliphatic rings. The summed E-state index contributed by atoms with van der Waals surface area (Å²) < 4.78 is 0. The molecule has 0 aromatic heterocycles. The van der Waals surface area contributed by atoms with Crippen LogP contribution in [0.5, 0.6) is 0 Å². The van der Waals surface area contributed by atoms with Crippen molar-refractivity contribution in [3.05, 3.63) is 134 Å². The van der Waals surface area contributed by atoms with E-state index in [1.807, 2.05) is 0 Å². The van der Waals surface area contributed by atoms with Gasteiger partial charge in [0.15, 0.2) is 0 Å². The molecule has 2 heteroatoms. The Hall–Kier alpha value is -1.93. The zero-order valence-electron chi connectivity index (χ0n) is 24.4. The van der Waals surface area contributed by atoms with Crippen LogP contribution >= 0.6 is 0 Å². The Balaban J connectivity index is 0.00000306. The predicted octanol–water partition coefficient (Wildman–Crippen LogP) is 7.60. The first-order valence-corrected chi connectivity index (χ1v) is 13.6. The Labute approximate surface area is 238 Å². The summed E-state index contributed by atoms with van der Waals surface area (Å²) in [6, 6.07) is 25.4. The molecule has 0 radical (unpaired) electrons. The summed E-state index contributed by atoms with van der Waals surface area (Å²) in [7, 11) is -2.60. The fraction of sp³-hybridized carbons (Fsp3) is 0.265. The Morgan fingerprint density at radius 1 is 0.639 bits per heavy atom. The zero-order chi connectivity index (χ0) is 23.3. The molecule has 2 unspecified atom stereocenters. The maximum atomic E-state index is 4.06. The number of hydrogen-bond donors (Lipinski definition) is 0. The largest absolute Gasteiger partial charge is 4.00 e. The van der Waals surface area contributed by atoms with E-state index in [0.717, 1.165) is 0 Å². The monoisotopic (exact) mass is 528 g/mol. The van der Waals surface area contributed by atoms with Crippen LogP contribution in [0.4, 0.5) is 0 Å². The molecule has 0 bridgehead atoms. The van der Waals surface area contributed by atoms with E-state index in [1.54, 1.807) is 0 Å². The summed E-state index contributed by atoms with van der Waals surface area (Å²) in [6.07, 6.45) is 4.06. The smallest absolute Gasteiger partial charge is 0.358 e. The Morgan fingerprint density at radius 2 is 1.14 bits per heavy atom. The minimum atomic E-state index is -2.60. The summed E-state index contributed by atoms with van der Waals surface area (Å²) in [5, 5.41) is 4.29. The summed E-state index contributed by atoms with van der Waals surface area (Å²) >= 11 is 0. The number of rotatable bonds is 4. The van der Waals surface area contributed by atoms with E-state index in [9.17, 15) is 0 Å². The van der Waals surface area contributed by atoms with Crippen molar-refractivity contribution in [2.24, 2.45) is 0 Å². The maximum Gasteiger partial charge on any atom is 4.00 e. The SMILES string of the molecule is CC1=[C-]C(C)([Si](c2ccccc2)(c2cc(C)cc(C)c2)c2c(C)cccc2C)C(C)=C1C.[CH3-].[CH3-].[CH3-].[Ti+4]. The molecule has 3 aromatic carbocycles. The molecule has 36 heavy (non-hydrogen) atoms. The van der Waals surface area contributed by atoms with Gasteiger partial charge in [-0.2, -0.15) is 11.1 Å². The van der Waals surface area contributed by atoms with E-state index in [1.165, 1.54) is 54.5 Å². The predicted molar refractivity (Wildman–Crippen MR) is 161 cm³/mol. The topological polar surface area (TPSA) is 0 Å². The van der Waals surface area contributed by atoms with E-state index in [0.29, 0.717) is 0 Å². The number of hydrogen-bond acceptors (Lipinski definition) is 0. The molecule has 2 atom stereocenters. The second-order valence-corrected chi connectivity index (χ2v) is 14.0. The van der Waals surface area contributed by atoms with Crippen molar-refractivity contribution in [2.75, 3.05) is 0 Å². The fourth-order valence-electron chi connectivity index (χ4n) is 6.16. The molecule has 0 aliphatic heterocycles. The van der Waals surface area contributed by atoms with Crippen LogP contribution in [-0.4, -0.2) is 8.07 Å². The van der Waals surface area contributed by atoms with E-state index < -0.39 is 8.07 Å². The summed E-state index contributed by atoms with van der Waals surface area (Å²) in [5.41, 5.74) is 9.60. The van der Waals surface area contributed by atoms with Crippen molar-refractivity contribution in [2.45, 2.75) is 60.4 Å². The van der Waals surface area contributed by atoms with Gasteiger partial charge in [-0.25, -0.2) is 5.57 Å². The molecule has 0 heterocycles. The van der Waals surface area contributed by atoms with Gasteiger partial charge in [0.05, 0.1) is 0 Å². The average molecular weight is 529 g/mol. The van der Waals surface area contributed by atoms with Gasteiger partial charge in [0.25, 0.3) is 0 Å². The molecule has 0 spiro atoms. The Morgan fingerprint density at radius 3 is 1.58 bits per heavy atom. The van der Waals surface area contributed by atoms with Crippen molar-refractivity contribution >= 4 is 23.6 Å². The molecule has 3 aromatic rings. The van der Waals surface area contributed by atoms with Gasteiger partial charge >= 0.3 is 21.7 Å². The van der Waals surface area contributed by atoms with E-state index in [2.05, 4.69) is 128 Å². The quantitative estimate of drug-likeness (QED) is 0.186. The van der Waals surface area contributed by atoms with Crippen LogP contribution in [0.1, 0.15) is 49.9 Å². The van der Waals surface area contributed by atoms with Crippen LogP contribution in [0, 0.1) is 56.1 Å². The molecular weight excluding hydrogens is 484 g/mol. The van der Waals surface area contributed by atoms with Gasteiger partial charge < -0.3 is 22.3 Å². The molecule has 0 saturated heterocycles. The fourth-order valence-corrected chi connectivity index (χ4v) is 12.8. The molecule has 0 N–H and O–H groups in total. The van der Waals surface area contributed by atoms with Gasteiger partial charge in [-0.3, -0.25) is 6.08 Å². The molecule has 0 fully saturated rings. The zero-order valence-corrected chi connectivity index (χ0v) is 26.9. The summed E-state index contributed by atoms with van der Waals surface area (Å²) in [6.45, 7) is 18.4. The van der Waals surface area contributed by atoms with Gasteiger partial charge in [-0.05, 0) is 43.3 Å². The van der Waals surface area contributed by atoms with E-state index in [-0.39, 0.29) is 49.0 Å².